The number of aryl methyl sites for hydroxylation is 1. The number of thiazole rings is 1. The predicted molar refractivity (Wildman–Crippen MR) is 98.6 cm³/mol. The van der Waals surface area contributed by atoms with Gasteiger partial charge >= 0.3 is 0 Å². The van der Waals surface area contributed by atoms with Crippen LogP contribution >= 0.6 is 11.3 Å². The lowest BCUT2D eigenvalue weighted by Crippen LogP contribution is -2.05. The lowest BCUT2D eigenvalue weighted by Gasteiger charge is -2.05. The van der Waals surface area contributed by atoms with Gasteiger partial charge in [0, 0.05) is 23.9 Å². The topological polar surface area (TPSA) is 67.4 Å². The fourth-order valence-corrected chi connectivity index (χ4v) is 3.81. The SMILES string of the molecule is N#CC(=Cc1nc(-c2ccccc2)cs1)c1nnc2n1CCCCC2. The van der Waals surface area contributed by atoms with Gasteiger partial charge in [-0.2, -0.15) is 5.26 Å². The number of aromatic nitrogens is 4. The minimum atomic E-state index is 0.523. The largest absolute Gasteiger partial charge is 0.310 e. The molecule has 0 bridgehead atoms. The van der Waals surface area contributed by atoms with Gasteiger partial charge < -0.3 is 4.57 Å². The van der Waals surface area contributed by atoms with E-state index in [4.69, 9.17) is 0 Å². The molecule has 3 heterocycles. The van der Waals surface area contributed by atoms with Crippen LogP contribution in [0.1, 0.15) is 35.9 Å². The maximum atomic E-state index is 9.63. The molecule has 3 aromatic rings. The molecule has 25 heavy (non-hydrogen) atoms. The Morgan fingerprint density at radius 2 is 2.04 bits per heavy atom. The van der Waals surface area contributed by atoms with Crippen molar-refractivity contribution in [3.63, 3.8) is 0 Å². The molecule has 0 N–H and O–H groups in total. The standard InChI is InChI=1S/C19H17N5S/c20-12-15(19-23-22-17-9-5-2-6-10-24(17)19)11-18-21-16(13-25-18)14-7-3-1-4-8-14/h1,3-4,7-8,11,13H,2,5-6,9-10H2. The van der Waals surface area contributed by atoms with Gasteiger partial charge in [-0.1, -0.05) is 36.8 Å². The van der Waals surface area contributed by atoms with Gasteiger partial charge in [0.15, 0.2) is 5.82 Å². The second-order valence-corrected chi connectivity index (χ2v) is 6.90. The monoisotopic (exact) mass is 347 g/mol. The zero-order valence-electron chi connectivity index (χ0n) is 13.7. The number of nitriles is 1. The van der Waals surface area contributed by atoms with Gasteiger partial charge in [-0.3, -0.25) is 0 Å². The van der Waals surface area contributed by atoms with Crippen LogP contribution in [0.4, 0.5) is 0 Å². The molecule has 1 aliphatic rings. The molecule has 0 atom stereocenters. The van der Waals surface area contributed by atoms with Crippen molar-refractivity contribution in [2.75, 3.05) is 0 Å². The van der Waals surface area contributed by atoms with Crippen LogP contribution < -0.4 is 0 Å². The average molecular weight is 347 g/mol. The molecule has 6 heteroatoms. The van der Waals surface area contributed by atoms with Crippen molar-refractivity contribution in [2.45, 2.75) is 32.2 Å². The minimum absolute atomic E-state index is 0.523. The molecule has 0 radical (unpaired) electrons. The summed E-state index contributed by atoms with van der Waals surface area (Å²) in [6, 6.07) is 12.3. The van der Waals surface area contributed by atoms with E-state index in [0.29, 0.717) is 11.4 Å². The minimum Gasteiger partial charge on any atom is -0.310 e. The van der Waals surface area contributed by atoms with Gasteiger partial charge in [0.1, 0.15) is 16.9 Å². The van der Waals surface area contributed by atoms with Crippen LogP contribution in [-0.2, 0) is 13.0 Å². The van der Waals surface area contributed by atoms with Crippen LogP contribution in [0, 0.1) is 11.3 Å². The first-order valence-electron chi connectivity index (χ1n) is 8.40. The summed E-state index contributed by atoms with van der Waals surface area (Å²) >= 11 is 1.53. The van der Waals surface area contributed by atoms with Crippen molar-refractivity contribution in [3.8, 4) is 17.3 Å². The van der Waals surface area contributed by atoms with Gasteiger partial charge in [-0.25, -0.2) is 4.98 Å². The second kappa shape index (κ2) is 6.99. The third kappa shape index (κ3) is 3.24. The van der Waals surface area contributed by atoms with Crippen molar-refractivity contribution in [1.29, 1.82) is 5.26 Å². The maximum absolute atomic E-state index is 9.63. The van der Waals surface area contributed by atoms with E-state index in [1.54, 1.807) is 0 Å². The Balaban J connectivity index is 1.67. The van der Waals surface area contributed by atoms with Crippen LogP contribution in [0.25, 0.3) is 22.9 Å². The summed E-state index contributed by atoms with van der Waals surface area (Å²) in [4.78, 5) is 4.64. The van der Waals surface area contributed by atoms with Crippen LogP contribution in [0.15, 0.2) is 35.7 Å². The number of nitrogens with zero attached hydrogens (tertiary/aromatic N) is 5. The quantitative estimate of drug-likeness (QED) is 0.666. The van der Waals surface area contributed by atoms with E-state index in [-0.39, 0.29) is 0 Å². The summed E-state index contributed by atoms with van der Waals surface area (Å²) < 4.78 is 2.09. The molecule has 0 aliphatic carbocycles. The maximum Gasteiger partial charge on any atom is 0.174 e. The van der Waals surface area contributed by atoms with Crippen molar-refractivity contribution >= 4 is 23.0 Å². The van der Waals surface area contributed by atoms with Gasteiger partial charge in [-0.05, 0) is 18.9 Å². The average Bonchev–Trinajstić information content (AvgIpc) is 3.21. The molecule has 0 spiro atoms. The summed E-state index contributed by atoms with van der Waals surface area (Å²) in [6.45, 7) is 0.879. The number of hydrogen-bond donors (Lipinski definition) is 0. The molecule has 1 aliphatic heterocycles. The lowest BCUT2D eigenvalue weighted by molar-refractivity contribution is 0.627. The number of allylic oxidation sites excluding steroid dienone is 1. The Hall–Kier alpha value is -2.78. The third-order valence-electron chi connectivity index (χ3n) is 4.33. The zero-order chi connectivity index (χ0) is 17.1. The first kappa shape index (κ1) is 15.7. The van der Waals surface area contributed by atoms with Crippen molar-refractivity contribution in [2.24, 2.45) is 0 Å². The van der Waals surface area contributed by atoms with E-state index in [9.17, 15) is 5.26 Å². The van der Waals surface area contributed by atoms with E-state index in [2.05, 4.69) is 25.8 Å². The fourth-order valence-electron chi connectivity index (χ4n) is 3.05. The molecule has 0 unspecified atom stereocenters. The fraction of sp³-hybridized carbons (Fsp3) is 0.263. The van der Waals surface area contributed by atoms with Crippen molar-refractivity contribution in [1.82, 2.24) is 19.7 Å². The summed E-state index contributed by atoms with van der Waals surface area (Å²) in [7, 11) is 0. The Bertz CT molecular complexity index is 946. The predicted octanol–water partition coefficient (Wildman–Crippen LogP) is 4.19. The summed E-state index contributed by atoms with van der Waals surface area (Å²) in [5.41, 5.74) is 2.53. The van der Waals surface area contributed by atoms with Crippen LogP contribution in [0.3, 0.4) is 0 Å². The summed E-state index contributed by atoms with van der Waals surface area (Å²) in [6.07, 6.45) is 6.19. The van der Waals surface area contributed by atoms with E-state index in [0.717, 1.165) is 47.9 Å². The van der Waals surface area contributed by atoms with E-state index < -0.39 is 0 Å². The zero-order valence-corrected chi connectivity index (χ0v) is 14.5. The molecule has 5 nitrogen and oxygen atoms in total. The van der Waals surface area contributed by atoms with Crippen molar-refractivity contribution < 1.29 is 0 Å². The van der Waals surface area contributed by atoms with Crippen LogP contribution in [-0.4, -0.2) is 19.7 Å². The molecular formula is C19H17N5S. The van der Waals surface area contributed by atoms with Gasteiger partial charge in [0.05, 0.1) is 11.3 Å². The molecule has 1 aromatic carbocycles. The second-order valence-electron chi connectivity index (χ2n) is 6.01. The molecule has 124 valence electrons. The molecule has 2 aromatic heterocycles. The Kier molecular flexibility index (Phi) is 4.40. The Morgan fingerprint density at radius 3 is 2.88 bits per heavy atom. The molecular weight excluding hydrogens is 330 g/mol. The molecule has 0 saturated carbocycles. The third-order valence-corrected chi connectivity index (χ3v) is 5.12. The molecule has 4 rings (SSSR count). The summed E-state index contributed by atoms with van der Waals surface area (Å²) in [5.74, 6) is 1.65. The van der Waals surface area contributed by atoms with E-state index >= 15 is 0 Å². The Labute approximate surface area is 150 Å². The Morgan fingerprint density at radius 1 is 1.16 bits per heavy atom. The highest BCUT2D eigenvalue weighted by atomic mass is 32.1. The van der Waals surface area contributed by atoms with Crippen LogP contribution in [0.2, 0.25) is 0 Å². The molecule has 0 saturated heterocycles. The molecule has 0 amide bonds. The highest BCUT2D eigenvalue weighted by Crippen LogP contribution is 2.25. The van der Waals surface area contributed by atoms with Gasteiger partial charge in [-0.15, -0.1) is 21.5 Å². The smallest absolute Gasteiger partial charge is 0.174 e. The first-order valence-corrected chi connectivity index (χ1v) is 9.28. The van der Waals surface area contributed by atoms with E-state index in [1.165, 1.54) is 17.8 Å². The number of rotatable bonds is 3. The van der Waals surface area contributed by atoms with Gasteiger partial charge in [0.25, 0.3) is 0 Å². The van der Waals surface area contributed by atoms with Gasteiger partial charge in [0.2, 0.25) is 0 Å². The summed E-state index contributed by atoms with van der Waals surface area (Å²) in [5, 5.41) is 21.0. The number of fused-ring (bicyclic) bond motifs is 1. The number of hydrogen-bond acceptors (Lipinski definition) is 5. The highest BCUT2D eigenvalue weighted by molar-refractivity contribution is 7.10. The normalized spacial score (nSPS) is 14.6. The van der Waals surface area contributed by atoms with E-state index in [1.807, 2.05) is 41.8 Å². The number of benzene rings is 1. The molecule has 0 fully saturated rings. The van der Waals surface area contributed by atoms with Crippen molar-refractivity contribution in [3.05, 3.63) is 52.4 Å². The lowest BCUT2D eigenvalue weighted by atomic mass is 10.2. The first-order chi connectivity index (χ1) is 12.3. The van der Waals surface area contributed by atoms with Crippen LogP contribution in [0.5, 0.6) is 0 Å². The highest BCUT2D eigenvalue weighted by Gasteiger charge is 2.18.